The third-order valence-corrected chi connectivity index (χ3v) is 4.14. The lowest BCUT2D eigenvalue weighted by molar-refractivity contribution is 0.157. The van der Waals surface area contributed by atoms with E-state index in [1.807, 2.05) is 24.3 Å². The van der Waals surface area contributed by atoms with E-state index in [2.05, 4.69) is 16.3 Å². The van der Waals surface area contributed by atoms with Gasteiger partial charge in [-0.05, 0) is 63.0 Å². The molecule has 0 bridgehead atoms. The summed E-state index contributed by atoms with van der Waals surface area (Å²) in [5.41, 5.74) is 1.88. The van der Waals surface area contributed by atoms with Gasteiger partial charge < -0.3 is 10.4 Å². The fourth-order valence-electron chi connectivity index (χ4n) is 2.94. The summed E-state index contributed by atoms with van der Waals surface area (Å²) in [4.78, 5) is 2.41. The summed E-state index contributed by atoms with van der Waals surface area (Å²) in [6, 6.07) is 10.3. The van der Waals surface area contributed by atoms with Crippen molar-refractivity contribution in [3.8, 4) is 6.07 Å². The number of nitrogens with one attached hydrogen (secondary N) is 1. The third kappa shape index (κ3) is 5.13. The Labute approximate surface area is 127 Å². The zero-order valence-corrected chi connectivity index (χ0v) is 12.6. The van der Waals surface area contributed by atoms with Gasteiger partial charge in [0.25, 0.3) is 0 Å². The van der Waals surface area contributed by atoms with Crippen LogP contribution in [0.3, 0.4) is 0 Å². The van der Waals surface area contributed by atoms with Crippen LogP contribution in [0, 0.1) is 11.3 Å². The monoisotopic (exact) mass is 287 g/mol. The highest BCUT2D eigenvalue weighted by molar-refractivity contribution is 5.32. The highest BCUT2D eigenvalue weighted by atomic mass is 16.3. The maximum Gasteiger partial charge on any atom is 0.0991 e. The molecule has 0 saturated carbocycles. The molecule has 4 heteroatoms. The first-order valence-electron chi connectivity index (χ1n) is 7.88. The van der Waals surface area contributed by atoms with Crippen LogP contribution in [-0.2, 0) is 6.54 Å². The zero-order valence-electron chi connectivity index (χ0n) is 12.6. The average molecular weight is 287 g/mol. The van der Waals surface area contributed by atoms with Crippen LogP contribution in [0.25, 0.3) is 0 Å². The number of nitrogens with zero attached hydrogens (tertiary/aromatic N) is 2. The molecule has 1 aromatic carbocycles. The molecule has 1 atom stereocenters. The second-order valence-electron chi connectivity index (χ2n) is 5.71. The molecule has 1 aliphatic heterocycles. The number of aliphatic hydroxyl groups is 1. The van der Waals surface area contributed by atoms with Crippen LogP contribution in [0.2, 0.25) is 0 Å². The maximum absolute atomic E-state index is 9.27. The van der Waals surface area contributed by atoms with Gasteiger partial charge in [-0.2, -0.15) is 5.26 Å². The fourth-order valence-corrected chi connectivity index (χ4v) is 2.94. The molecule has 2 N–H and O–H groups in total. The average Bonchev–Trinajstić information content (AvgIpc) is 2.98. The SMILES string of the molecule is N#Cc1cccc(CNCCCCN2CCCC2CO)c1. The summed E-state index contributed by atoms with van der Waals surface area (Å²) in [5, 5.41) is 21.6. The maximum atomic E-state index is 9.27. The Balaban J connectivity index is 1.57. The minimum absolute atomic E-state index is 0.299. The fraction of sp³-hybridized carbons (Fsp3) is 0.588. The molecule has 0 amide bonds. The normalized spacial score (nSPS) is 18.8. The Kier molecular flexibility index (Phi) is 6.68. The number of benzene rings is 1. The Morgan fingerprint density at radius 1 is 1.38 bits per heavy atom. The molecule has 1 heterocycles. The largest absolute Gasteiger partial charge is 0.395 e. The van der Waals surface area contributed by atoms with Gasteiger partial charge in [-0.25, -0.2) is 0 Å². The molecule has 1 saturated heterocycles. The van der Waals surface area contributed by atoms with Gasteiger partial charge in [0.2, 0.25) is 0 Å². The van der Waals surface area contributed by atoms with Gasteiger partial charge >= 0.3 is 0 Å². The van der Waals surface area contributed by atoms with Crippen molar-refractivity contribution in [3.05, 3.63) is 35.4 Å². The van der Waals surface area contributed by atoms with Crippen LogP contribution < -0.4 is 5.32 Å². The summed E-state index contributed by atoms with van der Waals surface area (Å²) < 4.78 is 0. The van der Waals surface area contributed by atoms with E-state index in [0.717, 1.165) is 50.1 Å². The van der Waals surface area contributed by atoms with Crippen molar-refractivity contribution in [2.45, 2.75) is 38.3 Å². The van der Waals surface area contributed by atoms with E-state index < -0.39 is 0 Å². The van der Waals surface area contributed by atoms with Crippen LogP contribution in [0.4, 0.5) is 0 Å². The number of aliphatic hydroxyl groups excluding tert-OH is 1. The van der Waals surface area contributed by atoms with Crippen LogP contribution in [0.15, 0.2) is 24.3 Å². The van der Waals surface area contributed by atoms with Crippen molar-refractivity contribution in [1.29, 1.82) is 5.26 Å². The van der Waals surface area contributed by atoms with E-state index in [-0.39, 0.29) is 0 Å². The number of unbranched alkanes of at least 4 members (excludes halogenated alkanes) is 1. The molecule has 0 aromatic heterocycles. The standard InChI is InChI=1S/C17H25N3O/c18-12-15-5-3-6-16(11-15)13-19-8-1-2-9-20-10-4-7-17(20)14-21/h3,5-6,11,17,19,21H,1-2,4,7-10,13-14H2. The topological polar surface area (TPSA) is 59.3 Å². The van der Waals surface area contributed by atoms with E-state index >= 15 is 0 Å². The first kappa shape index (κ1) is 16.0. The van der Waals surface area contributed by atoms with Gasteiger partial charge in [0.1, 0.15) is 0 Å². The van der Waals surface area contributed by atoms with Gasteiger partial charge in [-0.3, -0.25) is 4.90 Å². The first-order valence-corrected chi connectivity index (χ1v) is 7.88. The molecule has 0 spiro atoms. The van der Waals surface area contributed by atoms with Crippen molar-refractivity contribution in [2.75, 3.05) is 26.2 Å². The van der Waals surface area contributed by atoms with Gasteiger partial charge in [0.05, 0.1) is 18.2 Å². The second kappa shape index (κ2) is 8.78. The molecule has 1 aromatic rings. The minimum Gasteiger partial charge on any atom is -0.395 e. The number of rotatable bonds is 8. The summed E-state index contributed by atoms with van der Waals surface area (Å²) in [6.07, 6.45) is 4.68. The van der Waals surface area contributed by atoms with Crippen molar-refractivity contribution in [2.24, 2.45) is 0 Å². The Hall–Kier alpha value is -1.41. The van der Waals surface area contributed by atoms with E-state index in [0.29, 0.717) is 12.6 Å². The molecule has 1 unspecified atom stereocenters. The Bertz CT molecular complexity index is 469. The van der Waals surface area contributed by atoms with E-state index in [1.54, 1.807) is 0 Å². The number of likely N-dealkylation sites (tertiary alicyclic amines) is 1. The Morgan fingerprint density at radius 2 is 2.29 bits per heavy atom. The molecular weight excluding hydrogens is 262 g/mol. The minimum atomic E-state index is 0.299. The molecule has 21 heavy (non-hydrogen) atoms. The second-order valence-corrected chi connectivity index (χ2v) is 5.71. The number of hydrogen-bond donors (Lipinski definition) is 2. The molecule has 0 aliphatic carbocycles. The Morgan fingerprint density at radius 3 is 3.10 bits per heavy atom. The summed E-state index contributed by atoms with van der Waals surface area (Å²) in [7, 11) is 0. The van der Waals surface area contributed by atoms with Crippen molar-refractivity contribution >= 4 is 0 Å². The van der Waals surface area contributed by atoms with E-state index in [1.165, 1.54) is 12.8 Å². The zero-order chi connectivity index (χ0) is 14.9. The molecule has 114 valence electrons. The highest BCUT2D eigenvalue weighted by Gasteiger charge is 2.22. The predicted octanol–water partition coefficient (Wildman–Crippen LogP) is 1.88. The van der Waals surface area contributed by atoms with Crippen LogP contribution in [0.5, 0.6) is 0 Å². The quantitative estimate of drug-likeness (QED) is 0.717. The van der Waals surface area contributed by atoms with Gasteiger partial charge in [-0.1, -0.05) is 12.1 Å². The summed E-state index contributed by atoms with van der Waals surface area (Å²) in [5.74, 6) is 0. The lowest BCUT2D eigenvalue weighted by Gasteiger charge is -2.22. The molecule has 2 rings (SSSR count). The number of nitriles is 1. The van der Waals surface area contributed by atoms with Crippen molar-refractivity contribution < 1.29 is 5.11 Å². The van der Waals surface area contributed by atoms with Crippen LogP contribution in [-0.4, -0.2) is 42.3 Å². The lowest BCUT2D eigenvalue weighted by atomic mass is 10.1. The van der Waals surface area contributed by atoms with Gasteiger partial charge in [-0.15, -0.1) is 0 Å². The molecule has 1 fully saturated rings. The molecular formula is C17H25N3O. The third-order valence-electron chi connectivity index (χ3n) is 4.14. The van der Waals surface area contributed by atoms with Crippen molar-refractivity contribution in [3.63, 3.8) is 0 Å². The van der Waals surface area contributed by atoms with E-state index in [4.69, 9.17) is 5.26 Å². The van der Waals surface area contributed by atoms with Crippen molar-refractivity contribution in [1.82, 2.24) is 10.2 Å². The first-order chi connectivity index (χ1) is 10.3. The summed E-state index contributed by atoms with van der Waals surface area (Å²) in [6.45, 7) is 4.34. The molecule has 0 radical (unpaired) electrons. The van der Waals surface area contributed by atoms with Gasteiger partial charge in [0, 0.05) is 12.6 Å². The number of hydrogen-bond acceptors (Lipinski definition) is 4. The summed E-state index contributed by atoms with van der Waals surface area (Å²) >= 11 is 0. The van der Waals surface area contributed by atoms with Crippen LogP contribution >= 0.6 is 0 Å². The molecule has 1 aliphatic rings. The van der Waals surface area contributed by atoms with Crippen LogP contribution in [0.1, 0.15) is 36.8 Å². The predicted molar refractivity (Wildman–Crippen MR) is 83.8 cm³/mol. The lowest BCUT2D eigenvalue weighted by Crippen LogP contribution is -2.33. The highest BCUT2D eigenvalue weighted by Crippen LogP contribution is 2.16. The van der Waals surface area contributed by atoms with E-state index in [9.17, 15) is 5.11 Å². The molecule has 4 nitrogen and oxygen atoms in total. The van der Waals surface area contributed by atoms with Gasteiger partial charge in [0.15, 0.2) is 0 Å². The smallest absolute Gasteiger partial charge is 0.0991 e.